The molecule has 0 amide bonds. The first kappa shape index (κ1) is 36.1. The zero-order valence-corrected chi connectivity index (χ0v) is 26.4. The van der Waals surface area contributed by atoms with Gasteiger partial charge in [-0.15, -0.1) is 5.10 Å². The lowest BCUT2D eigenvalue weighted by Crippen LogP contribution is -2.62. The van der Waals surface area contributed by atoms with Crippen LogP contribution in [-0.4, -0.2) is 58.2 Å². The summed E-state index contributed by atoms with van der Waals surface area (Å²) in [6.45, 7) is 5.17. The van der Waals surface area contributed by atoms with Crippen molar-refractivity contribution in [1.82, 2.24) is 15.5 Å². The van der Waals surface area contributed by atoms with Gasteiger partial charge in [-0.1, -0.05) is 30.8 Å². The number of fused-ring (bicyclic) bond motifs is 2. The fourth-order valence-electron chi connectivity index (χ4n) is 5.81. The summed E-state index contributed by atoms with van der Waals surface area (Å²) in [6.07, 6.45) is -3.05. The van der Waals surface area contributed by atoms with Crippen LogP contribution in [0.4, 0.5) is 58.0 Å². The Morgan fingerprint density at radius 3 is 2.24 bits per heavy atom. The molecule has 2 heterocycles. The molecule has 6 radical (unpaired) electrons. The van der Waals surface area contributed by atoms with E-state index in [0.29, 0.717) is 11.0 Å². The highest BCUT2D eigenvalue weighted by Gasteiger charge is 2.49. The quantitative estimate of drug-likeness (QED) is 0.108. The molecule has 2 unspecified atom stereocenters. The van der Waals surface area contributed by atoms with Crippen molar-refractivity contribution in [2.45, 2.75) is 36.6 Å². The fraction of sp³-hybridized carbons (Fsp3) is 0.226. The van der Waals surface area contributed by atoms with Gasteiger partial charge in [-0.2, -0.15) is 27.1 Å². The highest BCUT2D eigenvalue weighted by molar-refractivity contribution is 6.45. The van der Waals surface area contributed by atoms with Gasteiger partial charge in [0, 0.05) is 43.5 Å². The molecule has 248 valence electrons. The van der Waals surface area contributed by atoms with Gasteiger partial charge in [0.05, 0.1) is 29.2 Å². The molecule has 0 aliphatic carbocycles. The average Bonchev–Trinajstić information content (AvgIpc) is 3.30. The smallest absolute Gasteiger partial charge is 0.338 e. The average molecular weight is 698 g/mol. The zero-order chi connectivity index (χ0) is 36.4. The summed E-state index contributed by atoms with van der Waals surface area (Å²) in [5, 5.41) is 12.5. The van der Waals surface area contributed by atoms with Crippen molar-refractivity contribution in [3.63, 3.8) is 0 Å². The molecule has 1 aliphatic heterocycles. The summed E-state index contributed by atoms with van der Waals surface area (Å²) in [6, 6.07) is 4.49. The predicted octanol–water partition coefficient (Wildman–Crippen LogP) is 7.44. The van der Waals surface area contributed by atoms with Crippen LogP contribution in [0.15, 0.2) is 61.6 Å². The van der Waals surface area contributed by atoms with Gasteiger partial charge in [0.1, 0.15) is 41.0 Å². The topological polar surface area (TPSA) is 56.3 Å². The Bertz CT molecular complexity index is 1990. The molecular formula is C31H22B3ClF8N6. The molecule has 6 nitrogen and oxygen atoms in total. The van der Waals surface area contributed by atoms with E-state index in [1.807, 2.05) is 0 Å². The highest BCUT2D eigenvalue weighted by atomic mass is 35.5. The van der Waals surface area contributed by atoms with E-state index in [-0.39, 0.29) is 44.2 Å². The van der Waals surface area contributed by atoms with Crippen LogP contribution in [0.25, 0.3) is 16.8 Å². The van der Waals surface area contributed by atoms with E-state index < -0.39 is 63.9 Å². The molecule has 0 bridgehead atoms. The molecule has 0 saturated carbocycles. The second-order valence-corrected chi connectivity index (χ2v) is 11.7. The number of halogens is 9. The van der Waals surface area contributed by atoms with Crippen LogP contribution < -0.4 is 20.4 Å². The van der Waals surface area contributed by atoms with Crippen molar-refractivity contribution in [3.8, 4) is 0 Å². The van der Waals surface area contributed by atoms with Crippen molar-refractivity contribution < 1.29 is 35.1 Å². The molecule has 4 aromatic rings. The van der Waals surface area contributed by atoms with Crippen molar-refractivity contribution in [2.24, 2.45) is 0 Å². The molecule has 3 aromatic carbocycles. The predicted molar refractivity (Wildman–Crippen MR) is 176 cm³/mol. The van der Waals surface area contributed by atoms with E-state index in [9.17, 15) is 30.7 Å². The number of nitrogens with zero attached hydrogens (tertiary/aromatic N) is 4. The second kappa shape index (κ2) is 12.6. The Morgan fingerprint density at radius 2 is 1.67 bits per heavy atom. The maximum atomic E-state index is 15.3. The summed E-state index contributed by atoms with van der Waals surface area (Å²) >= 11 is 6.47. The maximum absolute atomic E-state index is 15.3. The van der Waals surface area contributed by atoms with Gasteiger partial charge in [-0.25, -0.2) is 8.78 Å². The lowest BCUT2D eigenvalue weighted by Gasteiger charge is -2.46. The second-order valence-electron chi connectivity index (χ2n) is 11.3. The van der Waals surface area contributed by atoms with Crippen molar-refractivity contribution in [3.05, 3.63) is 100 Å². The standard InChI is InChI=1S/C31H22B3ClF8N6/c1-5-16-24(25(44-4)18-8-14(36)6-7-21(18)35)22(46-27-17-9-15(37)10-20(30(40,41)42)19(17)12-45-47-27)11-23-26(16)48(28(38)39)13(2)49(23)29(3,32)31(33,34)43/h5-12,25,28,44H,1-2H2,3-4H3,(H,46,47). The minimum Gasteiger partial charge on any atom is -0.338 e. The monoisotopic (exact) mass is 698 g/mol. The fourth-order valence-corrected chi connectivity index (χ4v) is 6.04. The Balaban J connectivity index is 1.91. The van der Waals surface area contributed by atoms with E-state index in [2.05, 4.69) is 34.0 Å². The van der Waals surface area contributed by atoms with Gasteiger partial charge < -0.3 is 15.5 Å². The molecule has 0 spiro atoms. The van der Waals surface area contributed by atoms with E-state index >= 15 is 4.39 Å². The van der Waals surface area contributed by atoms with Crippen molar-refractivity contribution in [1.29, 1.82) is 0 Å². The molecular weight excluding hydrogens is 676 g/mol. The number of benzene rings is 3. The molecule has 5 rings (SSSR count). The van der Waals surface area contributed by atoms with Crippen LogP contribution in [0.2, 0.25) is 5.02 Å². The van der Waals surface area contributed by atoms with Gasteiger partial charge in [-0.3, -0.25) is 9.29 Å². The van der Waals surface area contributed by atoms with E-state index in [4.69, 9.17) is 35.1 Å². The molecule has 2 N–H and O–H groups in total. The molecule has 0 saturated heterocycles. The summed E-state index contributed by atoms with van der Waals surface area (Å²) in [5.41, 5.74) is -7.74. The highest BCUT2D eigenvalue weighted by Crippen LogP contribution is 2.54. The lowest BCUT2D eigenvalue weighted by molar-refractivity contribution is -0.136. The Hall–Kier alpha value is -4.24. The van der Waals surface area contributed by atoms with Crippen LogP contribution in [0.5, 0.6) is 0 Å². The maximum Gasteiger partial charge on any atom is 0.417 e. The minimum atomic E-state index is -4.99. The number of aromatic nitrogens is 2. The molecule has 0 fully saturated rings. The first-order chi connectivity index (χ1) is 22.7. The SMILES string of the molecule is [B]C([B])(F)C([B])(C)N1C(=C)N(C(F)F)c2c1cc(Nc1nncc3c(C(F)(F)F)cc(F)cc13)c(C(NC)c1cc(F)ccc1Cl)c2C=C. The van der Waals surface area contributed by atoms with Crippen LogP contribution in [0.1, 0.15) is 35.2 Å². The van der Waals surface area contributed by atoms with E-state index in [1.165, 1.54) is 19.2 Å². The van der Waals surface area contributed by atoms with Gasteiger partial charge in [0.2, 0.25) is 0 Å². The molecule has 1 aliphatic rings. The summed E-state index contributed by atoms with van der Waals surface area (Å²) < 4.78 is 116. The van der Waals surface area contributed by atoms with Crippen molar-refractivity contribution >= 4 is 74.9 Å². The van der Waals surface area contributed by atoms with Crippen LogP contribution in [0, 0.1) is 11.6 Å². The number of alkyl halides is 6. The lowest BCUT2D eigenvalue weighted by atomic mass is 9.49. The summed E-state index contributed by atoms with van der Waals surface area (Å²) in [4.78, 5) is 1.23. The number of anilines is 4. The molecule has 2 atom stereocenters. The van der Waals surface area contributed by atoms with Gasteiger partial charge >= 0.3 is 12.7 Å². The summed E-state index contributed by atoms with van der Waals surface area (Å²) in [5.74, 6) is -2.95. The largest absolute Gasteiger partial charge is 0.417 e. The van der Waals surface area contributed by atoms with E-state index in [1.54, 1.807) is 0 Å². The summed E-state index contributed by atoms with van der Waals surface area (Å²) in [7, 11) is 18.8. The molecule has 18 heteroatoms. The number of nitrogens with one attached hydrogen (secondary N) is 2. The van der Waals surface area contributed by atoms with Crippen LogP contribution in [0.3, 0.4) is 0 Å². The van der Waals surface area contributed by atoms with Crippen molar-refractivity contribution in [2.75, 3.05) is 22.2 Å². The third kappa shape index (κ3) is 6.11. The van der Waals surface area contributed by atoms with E-state index in [0.717, 1.165) is 42.3 Å². The zero-order valence-electron chi connectivity index (χ0n) is 25.6. The van der Waals surface area contributed by atoms with Gasteiger partial charge in [0.15, 0.2) is 5.82 Å². The first-order valence-corrected chi connectivity index (χ1v) is 14.5. The Morgan fingerprint density at radius 1 is 1.00 bits per heavy atom. The Labute approximate surface area is 284 Å². The molecule has 49 heavy (non-hydrogen) atoms. The van der Waals surface area contributed by atoms with Gasteiger partial charge in [0.25, 0.3) is 0 Å². The normalized spacial score (nSPS) is 15.5. The van der Waals surface area contributed by atoms with Crippen LogP contribution in [-0.2, 0) is 6.18 Å². The van der Waals surface area contributed by atoms with Gasteiger partial charge in [-0.05, 0) is 55.9 Å². The Kier molecular flexibility index (Phi) is 9.26. The van der Waals surface area contributed by atoms with Crippen LogP contribution >= 0.6 is 11.6 Å². The molecule has 1 aromatic heterocycles. The third-order valence-electron chi connectivity index (χ3n) is 8.17. The number of rotatable bonds is 9. The number of hydrogen-bond donors (Lipinski definition) is 2. The minimum absolute atomic E-state index is 0.0148. The third-order valence-corrected chi connectivity index (χ3v) is 8.51. The first-order valence-electron chi connectivity index (χ1n) is 14.1. The number of hydrogen-bond acceptors (Lipinski definition) is 6.